The molecule has 0 unspecified atom stereocenters. The number of nitrogens with zero attached hydrogens (tertiary/aromatic N) is 2. The summed E-state index contributed by atoms with van der Waals surface area (Å²) in [5.74, 6) is 0. The summed E-state index contributed by atoms with van der Waals surface area (Å²) in [6.07, 6.45) is 3.36. The number of hydrogen-bond acceptors (Lipinski definition) is 3. The van der Waals surface area contributed by atoms with E-state index in [1.807, 2.05) is 11.6 Å². The standard InChI is InChI=1S/C7H12N4O2/c1-11-5-8-3-6(11)4-9-7(12)10-13-2/h3,5H,4H2,1-2H3,(H2,9,10,12). The number of amides is 2. The predicted molar refractivity (Wildman–Crippen MR) is 45.6 cm³/mol. The van der Waals surface area contributed by atoms with E-state index in [0.717, 1.165) is 5.69 Å². The minimum absolute atomic E-state index is 0.372. The molecule has 0 saturated heterocycles. The molecule has 0 aromatic carbocycles. The van der Waals surface area contributed by atoms with Crippen molar-refractivity contribution in [3.63, 3.8) is 0 Å². The minimum atomic E-state index is -0.372. The van der Waals surface area contributed by atoms with Crippen molar-refractivity contribution in [1.82, 2.24) is 20.3 Å². The average Bonchev–Trinajstić information content (AvgIpc) is 2.48. The molecule has 0 aliphatic heterocycles. The molecule has 0 aliphatic carbocycles. The van der Waals surface area contributed by atoms with Crippen LogP contribution in [0.1, 0.15) is 5.69 Å². The Hall–Kier alpha value is -1.56. The van der Waals surface area contributed by atoms with E-state index in [0.29, 0.717) is 6.54 Å². The van der Waals surface area contributed by atoms with E-state index in [4.69, 9.17) is 0 Å². The van der Waals surface area contributed by atoms with Crippen LogP contribution in [-0.2, 0) is 18.4 Å². The van der Waals surface area contributed by atoms with Gasteiger partial charge >= 0.3 is 6.03 Å². The molecule has 0 aliphatic rings. The fourth-order valence-electron chi connectivity index (χ4n) is 0.855. The molecule has 0 fully saturated rings. The van der Waals surface area contributed by atoms with Crippen molar-refractivity contribution in [2.24, 2.45) is 7.05 Å². The number of carbonyl (C=O) groups excluding carboxylic acids is 1. The number of rotatable bonds is 3. The highest BCUT2D eigenvalue weighted by Crippen LogP contribution is 1.94. The van der Waals surface area contributed by atoms with Gasteiger partial charge in [0.2, 0.25) is 0 Å². The molecule has 0 bridgehead atoms. The Bertz CT molecular complexity index is 284. The number of nitrogens with one attached hydrogen (secondary N) is 2. The first-order valence-electron chi connectivity index (χ1n) is 3.76. The third-order valence-corrected chi connectivity index (χ3v) is 1.54. The Kier molecular flexibility index (Phi) is 3.27. The van der Waals surface area contributed by atoms with Gasteiger partial charge in [0.1, 0.15) is 0 Å². The molecule has 1 rings (SSSR count). The highest BCUT2D eigenvalue weighted by atomic mass is 16.6. The number of aryl methyl sites for hydroxylation is 1. The molecule has 6 nitrogen and oxygen atoms in total. The quantitative estimate of drug-likeness (QED) is 0.638. The maximum absolute atomic E-state index is 10.9. The Morgan fingerprint density at radius 2 is 2.54 bits per heavy atom. The van der Waals surface area contributed by atoms with Gasteiger partial charge in [-0.15, -0.1) is 0 Å². The van der Waals surface area contributed by atoms with E-state index in [2.05, 4.69) is 20.6 Å². The Labute approximate surface area is 75.9 Å². The van der Waals surface area contributed by atoms with E-state index in [1.165, 1.54) is 7.11 Å². The van der Waals surface area contributed by atoms with Crippen molar-refractivity contribution >= 4 is 6.03 Å². The van der Waals surface area contributed by atoms with Crippen LogP contribution >= 0.6 is 0 Å². The fraction of sp³-hybridized carbons (Fsp3) is 0.429. The lowest BCUT2D eigenvalue weighted by molar-refractivity contribution is 0.107. The van der Waals surface area contributed by atoms with Crippen LogP contribution in [0.25, 0.3) is 0 Å². The van der Waals surface area contributed by atoms with Crippen molar-refractivity contribution in [1.29, 1.82) is 0 Å². The zero-order valence-corrected chi connectivity index (χ0v) is 7.57. The van der Waals surface area contributed by atoms with E-state index >= 15 is 0 Å². The Balaban J connectivity index is 2.35. The number of imidazole rings is 1. The molecule has 2 amide bonds. The van der Waals surface area contributed by atoms with Crippen LogP contribution in [0.15, 0.2) is 12.5 Å². The van der Waals surface area contributed by atoms with Crippen LogP contribution in [0.2, 0.25) is 0 Å². The first kappa shape index (κ1) is 9.53. The van der Waals surface area contributed by atoms with Crippen LogP contribution in [0.3, 0.4) is 0 Å². The van der Waals surface area contributed by atoms with Crippen LogP contribution in [0.4, 0.5) is 4.79 Å². The van der Waals surface area contributed by atoms with E-state index in [-0.39, 0.29) is 6.03 Å². The largest absolute Gasteiger partial charge is 0.339 e. The van der Waals surface area contributed by atoms with Gasteiger partial charge in [-0.1, -0.05) is 0 Å². The summed E-state index contributed by atoms with van der Waals surface area (Å²) in [6, 6.07) is -0.372. The predicted octanol–water partition coefficient (Wildman–Crippen LogP) is -0.219. The van der Waals surface area contributed by atoms with Crippen LogP contribution in [-0.4, -0.2) is 22.7 Å². The van der Waals surface area contributed by atoms with Crippen molar-refractivity contribution in [2.45, 2.75) is 6.54 Å². The van der Waals surface area contributed by atoms with Gasteiger partial charge < -0.3 is 9.88 Å². The van der Waals surface area contributed by atoms with Crippen LogP contribution in [0.5, 0.6) is 0 Å². The molecule has 0 atom stereocenters. The summed E-state index contributed by atoms with van der Waals surface area (Å²) in [6.45, 7) is 0.422. The highest BCUT2D eigenvalue weighted by Gasteiger charge is 2.01. The average molecular weight is 184 g/mol. The third-order valence-electron chi connectivity index (χ3n) is 1.54. The van der Waals surface area contributed by atoms with E-state index in [1.54, 1.807) is 12.5 Å². The monoisotopic (exact) mass is 184 g/mol. The lowest BCUT2D eigenvalue weighted by Crippen LogP contribution is -2.34. The minimum Gasteiger partial charge on any atom is -0.336 e. The maximum Gasteiger partial charge on any atom is 0.339 e. The second-order valence-corrected chi connectivity index (χ2v) is 2.48. The topological polar surface area (TPSA) is 68.2 Å². The third kappa shape index (κ3) is 2.75. The SMILES string of the molecule is CONC(=O)NCc1cncn1C. The van der Waals surface area contributed by atoms with Gasteiger partial charge in [-0.3, -0.25) is 4.84 Å². The number of aromatic nitrogens is 2. The lowest BCUT2D eigenvalue weighted by Gasteiger charge is -2.05. The van der Waals surface area contributed by atoms with E-state index in [9.17, 15) is 4.79 Å². The number of hydroxylamine groups is 1. The molecular formula is C7H12N4O2. The highest BCUT2D eigenvalue weighted by molar-refractivity contribution is 5.72. The lowest BCUT2D eigenvalue weighted by atomic mass is 10.4. The molecule has 1 aromatic heterocycles. The normalized spacial score (nSPS) is 9.69. The smallest absolute Gasteiger partial charge is 0.336 e. The molecule has 0 radical (unpaired) electrons. The molecule has 1 heterocycles. The van der Waals surface area contributed by atoms with Crippen LogP contribution < -0.4 is 10.8 Å². The molecule has 6 heteroatoms. The van der Waals surface area contributed by atoms with Crippen molar-refractivity contribution in [3.05, 3.63) is 18.2 Å². The van der Waals surface area contributed by atoms with Gasteiger partial charge in [-0.05, 0) is 0 Å². The second-order valence-electron chi connectivity index (χ2n) is 2.48. The summed E-state index contributed by atoms with van der Waals surface area (Å²) in [5.41, 5.74) is 3.07. The van der Waals surface area contributed by atoms with Gasteiger partial charge in [-0.2, -0.15) is 0 Å². The zero-order chi connectivity index (χ0) is 9.68. The number of hydrogen-bond donors (Lipinski definition) is 2. The summed E-state index contributed by atoms with van der Waals surface area (Å²) < 4.78 is 1.83. The summed E-state index contributed by atoms with van der Waals surface area (Å²) in [4.78, 5) is 19.2. The number of urea groups is 1. The molecule has 0 saturated carbocycles. The molecule has 0 spiro atoms. The first-order valence-corrected chi connectivity index (χ1v) is 3.76. The molecule has 2 N–H and O–H groups in total. The van der Waals surface area contributed by atoms with Gasteiger partial charge in [0.25, 0.3) is 0 Å². The van der Waals surface area contributed by atoms with Crippen LogP contribution in [0, 0.1) is 0 Å². The maximum atomic E-state index is 10.9. The summed E-state index contributed by atoms with van der Waals surface area (Å²) in [7, 11) is 3.24. The van der Waals surface area contributed by atoms with E-state index < -0.39 is 0 Å². The first-order chi connectivity index (χ1) is 6.24. The summed E-state index contributed by atoms with van der Waals surface area (Å²) >= 11 is 0. The fourth-order valence-corrected chi connectivity index (χ4v) is 0.855. The Morgan fingerprint density at radius 1 is 1.77 bits per heavy atom. The molecular weight excluding hydrogens is 172 g/mol. The second kappa shape index (κ2) is 4.46. The molecule has 72 valence electrons. The van der Waals surface area contributed by atoms with Crippen molar-refractivity contribution in [3.8, 4) is 0 Å². The van der Waals surface area contributed by atoms with Crippen molar-refractivity contribution < 1.29 is 9.63 Å². The molecule has 1 aromatic rings. The Morgan fingerprint density at radius 3 is 3.08 bits per heavy atom. The van der Waals surface area contributed by atoms with Gasteiger partial charge in [0.15, 0.2) is 0 Å². The van der Waals surface area contributed by atoms with Gasteiger partial charge in [0, 0.05) is 13.2 Å². The zero-order valence-electron chi connectivity index (χ0n) is 7.57. The summed E-state index contributed by atoms with van der Waals surface area (Å²) in [5, 5.41) is 2.59. The van der Waals surface area contributed by atoms with Gasteiger partial charge in [-0.25, -0.2) is 15.3 Å². The number of carbonyl (C=O) groups is 1. The molecule has 13 heavy (non-hydrogen) atoms. The van der Waals surface area contributed by atoms with Gasteiger partial charge in [0.05, 0.1) is 25.7 Å². The van der Waals surface area contributed by atoms with Crippen molar-refractivity contribution in [2.75, 3.05) is 7.11 Å².